The molecule has 1 aromatic heterocycles. The van der Waals surface area contributed by atoms with Crippen molar-refractivity contribution in [3.05, 3.63) is 17.5 Å². The van der Waals surface area contributed by atoms with Gasteiger partial charge in [-0.2, -0.15) is 0 Å². The van der Waals surface area contributed by atoms with E-state index in [0.29, 0.717) is 17.3 Å². The zero-order valence-corrected chi connectivity index (χ0v) is 14.2. The molecular weight excluding hydrogens is 324 g/mol. The number of aliphatic hydroxyl groups is 1. The lowest BCUT2D eigenvalue weighted by molar-refractivity contribution is 0.188. The van der Waals surface area contributed by atoms with Gasteiger partial charge in [-0.05, 0) is 24.8 Å². The van der Waals surface area contributed by atoms with Crippen molar-refractivity contribution in [1.82, 2.24) is 14.9 Å². The Hall–Kier alpha value is -1.16. The third-order valence-electron chi connectivity index (χ3n) is 3.22. The molecule has 0 aromatic carbocycles. The van der Waals surface area contributed by atoms with E-state index in [1.807, 2.05) is 11.8 Å². The van der Waals surface area contributed by atoms with Gasteiger partial charge in [0.1, 0.15) is 4.21 Å². The Morgan fingerprint density at radius 1 is 1.59 bits per heavy atom. The first-order chi connectivity index (χ1) is 10.5. The first-order valence-corrected chi connectivity index (χ1v) is 9.63. The molecule has 1 aliphatic rings. The lowest BCUT2D eigenvalue weighted by atomic mass is 10.3. The van der Waals surface area contributed by atoms with Crippen molar-refractivity contribution >= 4 is 27.3 Å². The van der Waals surface area contributed by atoms with Gasteiger partial charge in [-0.25, -0.2) is 13.1 Å². The predicted octanol–water partition coefficient (Wildman–Crippen LogP) is 0.0585. The van der Waals surface area contributed by atoms with Crippen LogP contribution in [0, 0.1) is 0 Å². The molecule has 22 heavy (non-hydrogen) atoms. The lowest BCUT2D eigenvalue weighted by Gasteiger charge is -2.20. The minimum atomic E-state index is -3.43. The van der Waals surface area contributed by atoms with Crippen LogP contribution in [-0.4, -0.2) is 63.2 Å². The van der Waals surface area contributed by atoms with Gasteiger partial charge < -0.3 is 15.3 Å². The van der Waals surface area contributed by atoms with Crippen LogP contribution in [0.4, 0.5) is 0 Å². The Morgan fingerprint density at radius 3 is 3.00 bits per heavy atom. The molecule has 9 heteroatoms. The molecule has 0 bridgehead atoms. The number of hydrogen-bond donors (Lipinski definition) is 3. The zero-order chi connectivity index (χ0) is 16.0. The van der Waals surface area contributed by atoms with Gasteiger partial charge in [0.2, 0.25) is 10.0 Å². The molecule has 124 valence electrons. The number of aliphatic imine (C=N–C) groups is 1. The Morgan fingerprint density at radius 2 is 2.41 bits per heavy atom. The van der Waals surface area contributed by atoms with E-state index < -0.39 is 10.0 Å². The summed E-state index contributed by atoms with van der Waals surface area (Å²) >= 11 is 1.19. The van der Waals surface area contributed by atoms with Crippen LogP contribution in [0.5, 0.6) is 0 Å². The van der Waals surface area contributed by atoms with E-state index in [9.17, 15) is 13.5 Å². The summed E-state index contributed by atoms with van der Waals surface area (Å²) in [7, 11) is -3.43. The van der Waals surface area contributed by atoms with Gasteiger partial charge >= 0.3 is 0 Å². The summed E-state index contributed by atoms with van der Waals surface area (Å²) in [6.07, 6.45) is 0.413. The smallest absolute Gasteiger partial charge is 0.250 e. The maximum absolute atomic E-state index is 12.0. The highest BCUT2D eigenvalue weighted by Gasteiger charge is 2.22. The molecule has 1 saturated heterocycles. The summed E-state index contributed by atoms with van der Waals surface area (Å²) in [5.41, 5.74) is 0. The minimum Gasteiger partial charge on any atom is -0.391 e. The number of nitrogens with one attached hydrogen (secondary N) is 2. The monoisotopic (exact) mass is 346 g/mol. The van der Waals surface area contributed by atoms with Crippen LogP contribution in [0.2, 0.25) is 0 Å². The van der Waals surface area contributed by atoms with Crippen molar-refractivity contribution in [3.8, 4) is 0 Å². The highest BCUT2D eigenvalue weighted by Crippen LogP contribution is 2.14. The number of guanidine groups is 1. The van der Waals surface area contributed by atoms with Crippen molar-refractivity contribution in [2.24, 2.45) is 4.99 Å². The van der Waals surface area contributed by atoms with E-state index in [2.05, 4.69) is 15.0 Å². The number of aliphatic hydroxyl groups excluding tert-OH is 1. The number of hydrogen-bond acceptors (Lipinski definition) is 5. The Bertz CT molecular complexity index is 586. The average Bonchev–Trinajstić information content (AvgIpc) is 3.13. The fourth-order valence-corrected chi connectivity index (χ4v) is 4.25. The highest BCUT2D eigenvalue weighted by molar-refractivity contribution is 7.91. The van der Waals surface area contributed by atoms with Crippen LogP contribution in [-0.2, 0) is 10.0 Å². The van der Waals surface area contributed by atoms with Gasteiger partial charge in [-0.3, -0.25) is 4.99 Å². The summed E-state index contributed by atoms with van der Waals surface area (Å²) in [4.78, 5) is 6.40. The van der Waals surface area contributed by atoms with Gasteiger partial charge in [-0.1, -0.05) is 6.07 Å². The fraction of sp³-hybridized carbons (Fsp3) is 0.615. The number of sulfonamides is 1. The van der Waals surface area contributed by atoms with Crippen LogP contribution in [0.25, 0.3) is 0 Å². The summed E-state index contributed by atoms with van der Waals surface area (Å²) in [5, 5.41) is 14.5. The second-order valence-electron chi connectivity index (χ2n) is 4.95. The van der Waals surface area contributed by atoms with Crippen molar-refractivity contribution in [2.45, 2.75) is 23.7 Å². The molecule has 0 aliphatic carbocycles. The van der Waals surface area contributed by atoms with Gasteiger partial charge in [0.25, 0.3) is 0 Å². The minimum absolute atomic E-state index is 0.242. The molecule has 2 heterocycles. The number of β-amino-alcohol motifs (C(OH)–C–C–N with tert-alkyl or cyclic N) is 1. The van der Waals surface area contributed by atoms with E-state index in [0.717, 1.165) is 25.5 Å². The molecule has 7 nitrogen and oxygen atoms in total. The molecule has 1 aliphatic heterocycles. The van der Waals surface area contributed by atoms with E-state index in [4.69, 9.17) is 0 Å². The van der Waals surface area contributed by atoms with Crippen LogP contribution >= 0.6 is 11.3 Å². The van der Waals surface area contributed by atoms with Crippen molar-refractivity contribution in [1.29, 1.82) is 0 Å². The van der Waals surface area contributed by atoms with Crippen molar-refractivity contribution in [3.63, 3.8) is 0 Å². The summed E-state index contributed by atoms with van der Waals surface area (Å²) in [6, 6.07) is 3.28. The van der Waals surface area contributed by atoms with Crippen LogP contribution in [0.3, 0.4) is 0 Å². The Labute approximate surface area is 135 Å². The van der Waals surface area contributed by atoms with Gasteiger partial charge in [0.15, 0.2) is 5.96 Å². The molecule has 3 N–H and O–H groups in total. The maximum Gasteiger partial charge on any atom is 0.250 e. The fourth-order valence-electron chi connectivity index (χ4n) is 2.19. The Kier molecular flexibility index (Phi) is 6.18. The van der Waals surface area contributed by atoms with E-state index >= 15 is 0 Å². The molecule has 0 amide bonds. The highest BCUT2D eigenvalue weighted by atomic mass is 32.2. The van der Waals surface area contributed by atoms with Gasteiger partial charge in [-0.15, -0.1) is 11.3 Å². The number of rotatable bonds is 6. The SMILES string of the molecule is CCNC(=NCCNS(=O)(=O)c1cccs1)N1CC[C@@H](O)C1. The first-order valence-electron chi connectivity index (χ1n) is 7.27. The second-order valence-corrected chi connectivity index (χ2v) is 7.90. The second kappa shape index (κ2) is 7.91. The summed E-state index contributed by atoms with van der Waals surface area (Å²) < 4.78 is 26.8. The predicted molar refractivity (Wildman–Crippen MR) is 87.7 cm³/mol. The van der Waals surface area contributed by atoms with Gasteiger partial charge in [0.05, 0.1) is 12.6 Å². The van der Waals surface area contributed by atoms with Crippen LogP contribution in [0.15, 0.2) is 26.7 Å². The largest absolute Gasteiger partial charge is 0.391 e. The standard InChI is InChI=1S/C13H22N4O3S2/c1-2-14-13(17-8-5-11(18)10-17)15-6-7-16-22(19,20)12-4-3-9-21-12/h3-4,9,11,16,18H,2,5-8,10H2,1H3,(H,14,15)/t11-/m1/s1. The first kappa shape index (κ1) is 17.2. The molecule has 0 radical (unpaired) electrons. The number of nitrogens with zero attached hydrogens (tertiary/aromatic N) is 2. The maximum atomic E-state index is 12.0. The Balaban J connectivity index is 1.86. The van der Waals surface area contributed by atoms with Crippen LogP contribution in [0.1, 0.15) is 13.3 Å². The van der Waals surface area contributed by atoms with Crippen LogP contribution < -0.4 is 10.0 Å². The third kappa shape index (κ3) is 4.67. The quantitative estimate of drug-likeness (QED) is 0.385. The lowest BCUT2D eigenvalue weighted by Crippen LogP contribution is -2.41. The molecule has 0 saturated carbocycles. The number of likely N-dealkylation sites (tertiary alicyclic amines) is 1. The number of thiophene rings is 1. The van der Waals surface area contributed by atoms with Gasteiger partial charge in [0, 0.05) is 26.2 Å². The summed E-state index contributed by atoms with van der Waals surface area (Å²) in [6.45, 7) is 4.61. The molecule has 1 fully saturated rings. The molecule has 1 aromatic rings. The molecule has 0 spiro atoms. The molecule has 2 rings (SSSR count). The van der Waals surface area contributed by atoms with E-state index in [1.165, 1.54) is 11.3 Å². The zero-order valence-electron chi connectivity index (χ0n) is 12.5. The molecule has 0 unspecified atom stereocenters. The van der Waals surface area contributed by atoms with Crippen molar-refractivity contribution in [2.75, 3.05) is 32.7 Å². The van der Waals surface area contributed by atoms with E-state index in [-0.39, 0.29) is 12.6 Å². The molecular formula is C13H22N4O3S2. The normalized spacial score (nSPS) is 19.6. The van der Waals surface area contributed by atoms with E-state index in [1.54, 1.807) is 17.5 Å². The average molecular weight is 346 g/mol. The molecule has 1 atom stereocenters. The third-order valence-corrected chi connectivity index (χ3v) is 6.08. The van der Waals surface area contributed by atoms with Crippen molar-refractivity contribution < 1.29 is 13.5 Å². The summed E-state index contributed by atoms with van der Waals surface area (Å²) in [5.74, 6) is 0.717. The topological polar surface area (TPSA) is 94.0 Å².